The Hall–Kier alpha value is -1.50. The predicted molar refractivity (Wildman–Crippen MR) is 97.6 cm³/mol. The summed E-state index contributed by atoms with van der Waals surface area (Å²) in [6.45, 7) is 0. The Bertz CT molecular complexity index is 868. The van der Waals surface area contributed by atoms with Gasteiger partial charge in [0.15, 0.2) is 0 Å². The van der Waals surface area contributed by atoms with Crippen LogP contribution in [0, 0.1) is 0 Å². The summed E-state index contributed by atoms with van der Waals surface area (Å²) < 4.78 is 26.8. The van der Waals surface area contributed by atoms with Crippen LogP contribution >= 0.6 is 23.4 Å². The molecule has 1 N–H and O–H groups in total. The molecule has 0 spiro atoms. The van der Waals surface area contributed by atoms with Crippen LogP contribution in [0.15, 0.2) is 48.5 Å². The fourth-order valence-electron chi connectivity index (χ4n) is 2.67. The number of nitrogens with one attached hydrogen (secondary N) is 1. The van der Waals surface area contributed by atoms with Gasteiger partial charge in [-0.1, -0.05) is 54.1 Å². The van der Waals surface area contributed by atoms with Crippen LogP contribution in [-0.2, 0) is 27.0 Å². The monoisotopic (exact) mass is 381 g/mol. The van der Waals surface area contributed by atoms with Gasteiger partial charge in [-0.05, 0) is 34.9 Å². The Kier molecular flexibility index (Phi) is 5.18. The zero-order valence-corrected chi connectivity index (χ0v) is 15.1. The summed E-state index contributed by atoms with van der Waals surface area (Å²) in [4.78, 5) is 12.5. The van der Waals surface area contributed by atoms with Gasteiger partial charge in [0.05, 0.1) is 5.75 Å². The average molecular weight is 382 g/mol. The molecule has 2 aromatic carbocycles. The maximum absolute atomic E-state index is 12.5. The van der Waals surface area contributed by atoms with Crippen LogP contribution in [0.25, 0.3) is 0 Å². The van der Waals surface area contributed by atoms with Crippen LogP contribution in [0.5, 0.6) is 0 Å². The summed E-state index contributed by atoms with van der Waals surface area (Å²) in [5.41, 5.74) is 2.45. The standard InChI is InChI=1S/C17H16ClNO3S2/c18-15-8-4-2-6-13(15)11-24(21,22)19-17(20)16-14-7-3-1-5-12(14)9-10-23-16/h1-8,16H,9-11H2,(H,19,20)/t16-/m1/s1. The van der Waals surface area contributed by atoms with E-state index in [2.05, 4.69) is 4.72 Å². The Morgan fingerprint density at radius 2 is 1.88 bits per heavy atom. The van der Waals surface area contributed by atoms with Crippen LogP contribution in [0.1, 0.15) is 21.9 Å². The van der Waals surface area contributed by atoms with Gasteiger partial charge in [0, 0.05) is 5.02 Å². The van der Waals surface area contributed by atoms with Crippen molar-refractivity contribution in [2.75, 3.05) is 5.75 Å². The zero-order chi connectivity index (χ0) is 17.2. The van der Waals surface area contributed by atoms with E-state index in [1.165, 1.54) is 11.8 Å². The van der Waals surface area contributed by atoms with E-state index in [0.29, 0.717) is 10.6 Å². The lowest BCUT2D eigenvalue weighted by Gasteiger charge is -2.24. The molecule has 126 valence electrons. The van der Waals surface area contributed by atoms with Crippen molar-refractivity contribution in [3.63, 3.8) is 0 Å². The first kappa shape index (κ1) is 17.3. The van der Waals surface area contributed by atoms with Crippen molar-refractivity contribution in [3.8, 4) is 0 Å². The average Bonchev–Trinajstić information content (AvgIpc) is 2.56. The molecular weight excluding hydrogens is 366 g/mol. The normalized spacial score (nSPS) is 17.1. The van der Waals surface area contributed by atoms with Crippen LogP contribution < -0.4 is 4.72 Å². The van der Waals surface area contributed by atoms with E-state index in [1.54, 1.807) is 24.3 Å². The van der Waals surface area contributed by atoms with E-state index in [9.17, 15) is 13.2 Å². The molecule has 0 saturated heterocycles. The van der Waals surface area contributed by atoms with Crippen LogP contribution in [0.4, 0.5) is 0 Å². The molecule has 0 fully saturated rings. The Morgan fingerprint density at radius 3 is 2.67 bits per heavy atom. The quantitative estimate of drug-likeness (QED) is 0.882. The molecular formula is C17H16ClNO3S2. The minimum absolute atomic E-state index is 0.322. The highest BCUT2D eigenvalue weighted by atomic mass is 35.5. The van der Waals surface area contributed by atoms with Crippen molar-refractivity contribution in [2.45, 2.75) is 17.4 Å². The minimum Gasteiger partial charge on any atom is -0.272 e. The molecule has 1 heterocycles. The molecule has 0 radical (unpaired) electrons. The van der Waals surface area contributed by atoms with Crippen molar-refractivity contribution in [1.29, 1.82) is 0 Å². The Labute approximate surface area is 150 Å². The fraction of sp³-hybridized carbons (Fsp3) is 0.235. The van der Waals surface area contributed by atoms with Gasteiger partial charge >= 0.3 is 0 Å². The van der Waals surface area contributed by atoms with Gasteiger partial charge in [-0.2, -0.15) is 0 Å². The summed E-state index contributed by atoms with van der Waals surface area (Å²) in [5.74, 6) is -0.0314. The first-order valence-electron chi connectivity index (χ1n) is 7.43. The van der Waals surface area contributed by atoms with E-state index >= 15 is 0 Å². The van der Waals surface area contributed by atoms with Gasteiger partial charge in [-0.25, -0.2) is 8.42 Å². The van der Waals surface area contributed by atoms with E-state index < -0.39 is 21.2 Å². The molecule has 7 heteroatoms. The first-order valence-corrected chi connectivity index (χ1v) is 10.5. The molecule has 0 aliphatic carbocycles. The van der Waals surface area contributed by atoms with Gasteiger partial charge < -0.3 is 0 Å². The van der Waals surface area contributed by atoms with Gasteiger partial charge in [-0.15, -0.1) is 11.8 Å². The van der Waals surface area contributed by atoms with E-state index in [1.807, 2.05) is 24.3 Å². The topological polar surface area (TPSA) is 63.2 Å². The Morgan fingerprint density at radius 1 is 1.17 bits per heavy atom. The number of halogens is 1. The van der Waals surface area contributed by atoms with Gasteiger partial charge in [-0.3, -0.25) is 9.52 Å². The number of fused-ring (bicyclic) bond motifs is 1. The molecule has 3 rings (SSSR count). The highest BCUT2D eigenvalue weighted by Gasteiger charge is 2.29. The number of hydrogen-bond donors (Lipinski definition) is 1. The summed E-state index contributed by atoms with van der Waals surface area (Å²) in [7, 11) is -3.81. The predicted octanol–water partition coefficient (Wildman–Crippen LogP) is 3.32. The number of carbonyl (C=O) groups excluding carboxylic acids is 1. The number of thioether (sulfide) groups is 1. The van der Waals surface area contributed by atoms with Gasteiger partial charge in [0.1, 0.15) is 5.25 Å². The summed E-state index contributed by atoms with van der Waals surface area (Å²) in [6, 6.07) is 14.4. The maximum atomic E-state index is 12.5. The van der Waals surface area contributed by atoms with E-state index in [-0.39, 0.29) is 5.75 Å². The molecule has 24 heavy (non-hydrogen) atoms. The third-order valence-electron chi connectivity index (χ3n) is 3.79. The second-order valence-corrected chi connectivity index (χ2v) is 8.86. The number of benzene rings is 2. The molecule has 1 amide bonds. The minimum atomic E-state index is -3.81. The summed E-state index contributed by atoms with van der Waals surface area (Å²) in [5, 5.41) is -0.135. The summed E-state index contributed by atoms with van der Waals surface area (Å²) in [6.07, 6.45) is 0.886. The number of amides is 1. The Balaban J connectivity index is 1.76. The maximum Gasteiger partial charge on any atom is 0.251 e. The van der Waals surface area contributed by atoms with Crippen LogP contribution in [0.3, 0.4) is 0 Å². The van der Waals surface area contributed by atoms with Gasteiger partial charge in [0.2, 0.25) is 10.0 Å². The molecule has 1 aliphatic rings. The van der Waals surface area contributed by atoms with E-state index in [4.69, 9.17) is 11.6 Å². The third kappa shape index (κ3) is 3.94. The SMILES string of the molecule is O=C(NS(=O)(=O)Cc1ccccc1Cl)[C@@H]1SCCc2ccccc21. The number of aryl methyl sites for hydroxylation is 1. The first-order chi connectivity index (χ1) is 11.5. The van der Waals surface area contributed by atoms with Crippen molar-refractivity contribution in [1.82, 2.24) is 4.72 Å². The highest BCUT2D eigenvalue weighted by Crippen LogP contribution is 2.36. The number of hydrogen-bond acceptors (Lipinski definition) is 4. The lowest BCUT2D eigenvalue weighted by Crippen LogP contribution is -2.35. The lowest BCUT2D eigenvalue weighted by atomic mass is 10.0. The molecule has 0 bridgehead atoms. The van der Waals surface area contributed by atoms with Crippen molar-refractivity contribution in [3.05, 3.63) is 70.2 Å². The molecule has 0 saturated carbocycles. The zero-order valence-electron chi connectivity index (χ0n) is 12.7. The van der Waals surface area contributed by atoms with E-state index in [0.717, 1.165) is 23.3 Å². The fourth-order valence-corrected chi connectivity index (χ4v) is 5.38. The molecule has 1 aliphatic heterocycles. The third-order valence-corrected chi connectivity index (χ3v) is 6.60. The lowest BCUT2D eigenvalue weighted by molar-refractivity contribution is -0.118. The van der Waals surface area contributed by atoms with Crippen LogP contribution in [-0.4, -0.2) is 20.1 Å². The second-order valence-electron chi connectivity index (χ2n) is 5.52. The molecule has 4 nitrogen and oxygen atoms in total. The molecule has 0 unspecified atom stereocenters. The largest absolute Gasteiger partial charge is 0.272 e. The highest BCUT2D eigenvalue weighted by molar-refractivity contribution is 8.00. The molecule has 2 aromatic rings. The second kappa shape index (κ2) is 7.17. The van der Waals surface area contributed by atoms with Gasteiger partial charge in [0.25, 0.3) is 5.91 Å². The summed E-state index contributed by atoms with van der Waals surface area (Å²) >= 11 is 7.46. The van der Waals surface area contributed by atoms with Crippen molar-refractivity contribution < 1.29 is 13.2 Å². The van der Waals surface area contributed by atoms with Crippen LogP contribution in [0.2, 0.25) is 5.02 Å². The number of rotatable bonds is 4. The number of carbonyl (C=O) groups is 1. The van der Waals surface area contributed by atoms with Crippen molar-refractivity contribution >= 4 is 39.3 Å². The molecule has 1 atom stereocenters. The van der Waals surface area contributed by atoms with Crippen molar-refractivity contribution in [2.24, 2.45) is 0 Å². The number of sulfonamides is 1. The molecule has 0 aromatic heterocycles. The smallest absolute Gasteiger partial charge is 0.251 e.